The third kappa shape index (κ3) is 3.58. The van der Waals surface area contributed by atoms with Crippen molar-refractivity contribution in [3.8, 4) is 0 Å². The fraction of sp³-hybridized carbons (Fsp3) is 0.136. The van der Waals surface area contributed by atoms with E-state index in [-0.39, 0.29) is 0 Å². The van der Waals surface area contributed by atoms with Crippen LogP contribution in [0.1, 0.15) is 17.0 Å². The van der Waals surface area contributed by atoms with Crippen LogP contribution in [0.25, 0.3) is 10.9 Å². The van der Waals surface area contributed by atoms with Crippen LogP contribution in [0, 0.1) is 20.8 Å². The summed E-state index contributed by atoms with van der Waals surface area (Å²) in [5, 5.41) is 7.88. The third-order valence-corrected chi connectivity index (χ3v) is 4.60. The van der Waals surface area contributed by atoms with Crippen molar-refractivity contribution in [1.29, 1.82) is 0 Å². The molecule has 4 aromatic rings. The van der Waals surface area contributed by atoms with Gasteiger partial charge in [-0.2, -0.15) is 0 Å². The number of nitrogens with zero attached hydrogens (tertiary/aromatic N) is 3. The van der Waals surface area contributed by atoms with Crippen LogP contribution in [-0.4, -0.2) is 15.0 Å². The second-order valence-electron chi connectivity index (χ2n) is 6.56. The highest BCUT2D eigenvalue weighted by Crippen LogP contribution is 2.26. The van der Waals surface area contributed by atoms with E-state index in [1.54, 1.807) is 6.20 Å². The normalized spacial score (nSPS) is 10.8. The van der Waals surface area contributed by atoms with Crippen LogP contribution in [0.2, 0.25) is 0 Å². The molecule has 0 aliphatic carbocycles. The molecule has 5 heteroatoms. The minimum absolute atomic E-state index is 0.695. The predicted octanol–water partition coefficient (Wildman–Crippen LogP) is 5.44. The molecule has 0 bridgehead atoms. The van der Waals surface area contributed by atoms with Crippen LogP contribution >= 0.6 is 0 Å². The number of hydrogen-bond acceptors (Lipinski definition) is 5. The van der Waals surface area contributed by atoms with E-state index in [4.69, 9.17) is 0 Å². The SMILES string of the molecule is Cc1nc(Nc2cccc(C)c2C)cc(Nc2cccc3cccnc23)n1. The van der Waals surface area contributed by atoms with Gasteiger partial charge in [0, 0.05) is 23.3 Å². The van der Waals surface area contributed by atoms with E-state index >= 15 is 0 Å². The molecular formula is C22H21N5. The first-order valence-corrected chi connectivity index (χ1v) is 8.90. The molecular weight excluding hydrogens is 334 g/mol. The molecule has 0 saturated heterocycles. The summed E-state index contributed by atoms with van der Waals surface area (Å²) in [6, 6.07) is 18.2. The van der Waals surface area contributed by atoms with Gasteiger partial charge in [0.1, 0.15) is 17.5 Å². The number of aryl methyl sites for hydroxylation is 2. The molecule has 0 aliphatic heterocycles. The molecule has 2 aromatic carbocycles. The van der Waals surface area contributed by atoms with Gasteiger partial charge in [-0.05, 0) is 50.1 Å². The Balaban J connectivity index is 1.67. The van der Waals surface area contributed by atoms with Gasteiger partial charge in [0.15, 0.2) is 0 Å². The van der Waals surface area contributed by atoms with Crippen LogP contribution in [-0.2, 0) is 0 Å². The maximum absolute atomic E-state index is 4.53. The van der Waals surface area contributed by atoms with Crippen molar-refractivity contribution in [2.24, 2.45) is 0 Å². The summed E-state index contributed by atoms with van der Waals surface area (Å²) in [6.45, 7) is 6.10. The molecule has 0 amide bonds. The molecule has 4 rings (SSSR count). The van der Waals surface area contributed by atoms with E-state index in [2.05, 4.69) is 51.6 Å². The first-order valence-electron chi connectivity index (χ1n) is 8.90. The second-order valence-corrected chi connectivity index (χ2v) is 6.56. The van der Waals surface area contributed by atoms with Crippen molar-refractivity contribution in [3.05, 3.63) is 77.7 Å². The van der Waals surface area contributed by atoms with Gasteiger partial charge in [-0.15, -0.1) is 0 Å². The van der Waals surface area contributed by atoms with E-state index in [0.29, 0.717) is 5.82 Å². The summed E-state index contributed by atoms with van der Waals surface area (Å²) in [5.41, 5.74) is 5.34. The van der Waals surface area contributed by atoms with Crippen molar-refractivity contribution in [2.75, 3.05) is 10.6 Å². The maximum Gasteiger partial charge on any atom is 0.136 e. The minimum Gasteiger partial charge on any atom is -0.340 e. The lowest BCUT2D eigenvalue weighted by Gasteiger charge is -2.13. The predicted molar refractivity (Wildman–Crippen MR) is 111 cm³/mol. The Morgan fingerprint density at radius 3 is 2.22 bits per heavy atom. The Morgan fingerprint density at radius 2 is 1.41 bits per heavy atom. The van der Waals surface area contributed by atoms with Gasteiger partial charge in [-0.1, -0.05) is 30.3 Å². The Hall–Kier alpha value is -3.47. The number of fused-ring (bicyclic) bond motifs is 1. The number of nitrogens with one attached hydrogen (secondary N) is 2. The van der Waals surface area contributed by atoms with Crippen molar-refractivity contribution in [1.82, 2.24) is 15.0 Å². The fourth-order valence-corrected chi connectivity index (χ4v) is 3.06. The zero-order chi connectivity index (χ0) is 18.8. The molecule has 0 atom stereocenters. The largest absolute Gasteiger partial charge is 0.340 e. The van der Waals surface area contributed by atoms with Gasteiger partial charge in [0.05, 0.1) is 11.2 Å². The van der Waals surface area contributed by atoms with Gasteiger partial charge in [0.2, 0.25) is 0 Å². The first-order chi connectivity index (χ1) is 13.1. The van der Waals surface area contributed by atoms with Crippen LogP contribution in [0.15, 0.2) is 60.8 Å². The van der Waals surface area contributed by atoms with Crippen molar-refractivity contribution in [3.63, 3.8) is 0 Å². The average Bonchev–Trinajstić information content (AvgIpc) is 2.65. The molecule has 5 nitrogen and oxygen atoms in total. The molecule has 0 spiro atoms. The smallest absolute Gasteiger partial charge is 0.136 e. The summed E-state index contributed by atoms with van der Waals surface area (Å²) in [6.07, 6.45) is 1.80. The van der Waals surface area contributed by atoms with Gasteiger partial charge < -0.3 is 10.6 Å². The number of para-hydroxylation sites is 1. The van der Waals surface area contributed by atoms with Crippen LogP contribution < -0.4 is 10.6 Å². The molecule has 0 saturated carbocycles. The van der Waals surface area contributed by atoms with E-state index < -0.39 is 0 Å². The molecule has 0 aliphatic rings. The maximum atomic E-state index is 4.53. The Bertz CT molecular complexity index is 1120. The van der Waals surface area contributed by atoms with Crippen LogP contribution in [0.4, 0.5) is 23.0 Å². The lowest BCUT2D eigenvalue weighted by atomic mass is 10.1. The van der Waals surface area contributed by atoms with Crippen molar-refractivity contribution in [2.45, 2.75) is 20.8 Å². The minimum atomic E-state index is 0.695. The highest BCUT2D eigenvalue weighted by Gasteiger charge is 2.08. The standard InChI is InChI=1S/C22H21N5/c1-14-7-4-10-18(15(14)2)26-20-13-21(25-16(3)24-20)27-19-11-5-8-17-9-6-12-23-22(17)19/h4-13H,1-3H3,(H2,24,25,26,27). The molecule has 2 heterocycles. The molecule has 134 valence electrons. The lowest BCUT2D eigenvalue weighted by Crippen LogP contribution is -2.03. The summed E-state index contributed by atoms with van der Waals surface area (Å²) in [7, 11) is 0. The molecule has 0 fully saturated rings. The quantitative estimate of drug-likeness (QED) is 0.510. The monoisotopic (exact) mass is 355 g/mol. The summed E-state index contributed by atoms with van der Waals surface area (Å²) in [4.78, 5) is 13.5. The van der Waals surface area contributed by atoms with Gasteiger partial charge in [-0.25, -0.2) is 9.97 Å². The van der Waals surface area contributed by atoms with Gasteiger partial charge in [0.25, 0.3) is 0 Å². The summed E-state index contributed by atoms with van der Waals surface area (Å²) < 4.78 is 0. The van der Waals surface area contributed by atoms with E-state index in [1.165, 1.54) is 11.1 Å². The van der Waals surface area contributed by atoms with Crippen molar-refractivity contribution < 1.29 is 0 Å². The van der Waals surface area contributed by atoms with Gasteiger partial charge in [-0.3, -0.25) is 4.98 Å². The van der Waals surface area contributed by atoms with E-state index in [9.17, 15) is 0 Å². The highest BCUT2D eigenvalue weighted by atomic mass is 15.1. The number of benzene rings is 2. The average molecular weight is 355 g/mol. The fourth-order valence-electron chi connectivity index (χ4n) is 3.06. The number of hydrogen-bond donors (Lipinski definition) is 2. The number of rotatable bonds is 4. The zero-order valence-electron chi connectivity index (χ0n) is 15.6. The van der Waals surface area contributed by atoms with E-state index in [1.807, 2.05) is 49.4 Å². The number of pyridine rings is 1. The number of aromatic nitrogens is 3. The second kappa shape index (κ2) is 7.03. The summed E-state index contributed by atoms with van der Waals surface area (Å²) in [5.74, 6) is 2.18. The van der Waals surface area contributed by atoms with Crippen LogP contribution in [0.5, 0.6) is 0 Å². The molecule has 0 radical (unpaired) electrons. The lowest BCUT2D eigenvalue weighted by molar-refractivity contribution is 1.06. The van der Waals surface area contributed by atoms with Gasteiger partial charge >= 0.3 is 0 Å². The van der Waals surface area contributed by atoms with E-state index in [0.717, 1.165) is 33.9 Å². The van der Waals surface area contributed by atoms with Crippen molar-refractivity contribution >= 4 is 33.9 Å². The molecule has 27 heavy (non-hydrogen) atoms. The zero-order valence-corrected chi connectivity index (χ0v) is 15.6. The number of anilines is 4. The topological polar surface area (TPSA) is 62.7 Å². The summed E-state index contributed by atoms with van der Waals surface area (Å²) >= 11 is 0. The molecule has 0 unspecified atom stereocenters. The first kappa shape index (κ1) is 17.0. The Labute approximate surface area is 158 Å². The van der Waals surface area contributed by atoms with Crippen LogP contribution in [0.3, 0.4) is 0 Å². The highest BCUT2D eigenvalue weighted by molar-refractivity contribution is 5.91. The Kier molecular flexibility index (Phi) is 4.42. The third-order valence-electron chi connectivity index (χ3n) is 4.60. The Morgan fingerprint density at radius 1 is 0.741 bits per heavy atom. The molecule has 2 N–H and O–H groups in total. The molecule has 2 aromatic heterocycles.